The molecule has 0 fully saturated rings. The molecule has 1 aromatic carbocycles. The van der Waals surface area contributed by atoms with Crippen molar-refractivity contribution in [3.05, 3.63) is 50.9 Å². The number of amides is 1. The van der Waals surface area contributed by atoms with Crippen LogP contribution in [0.25, 0.3) is 0 Å². The molecule has 1 N–H and O–H groups in total. The summed E-state index contributed by atoms with van der Waals surface area (Å²) in [4.78, 5) is 37.1. The van der Waals surface area contributed by atoms with Crippen molar-refractivity contribution in [3.63, 3.8) is 0 Å². The van der Waals surface area contributed by atoms with Crippen molar-refractivity contribution in [1.29, 1.82) is 0 Å². The van der Waals surface area contributed by atoms with E-state index in [1.54, 1.807) is 45.0 Å². The van der Waals surface area contributed by atoms with Crippen molar-refractivity contribution in [2.75, 3.05) is 18.5 Å². The van der Waals surface area contributed by atoms with Gasteiger partial charge < -0.3 is 14.8 Å². The molecule has 1 heterocycles. The van der Waals surface area contributed by atoms with E-state index in [0.29, 0.717) is 16.1 Å². The lowest BCUT2D eigenvalue weighted by Gasteiger charge is -2.07. The Labute approximate surface area is 160 Å². The van der Waals surface area contributed by atoms with Crippen molar-refractivity contribution >= 4 is 45.8 Å². The number of anilines is 1. The third-order valence-electron chi connectivity index (χ3n) is 3.42. The number of benzene rings is 1. The van der Waals surface area contributed by atoms with Crippen molar-refractivity contribution < 1.29 is 23.9 Å². The predicted molar refractivity (Wildman–Crippen MR) is 100 cm³/mol. The first-order chi connectivity index (χ1) is 12.4. The van der Waals surface area contributed by atoms with Crippen LogP contribution in [0.2, 0.25) is 5.02 Å². The summed E-state index contributed by atoms with van der Waals surface area (Å²) >= 11 is 6.81. The molecule has 6 nitrogen and oxygen atoms in total. The Morgan fingerprint density at radius 1 is 1.04 bits per heavy atom. The molecule has 0 atom stereocenters. The maximum atomic E-state index is 12.5. The lowest BCUT2D eigenvalue weighted by Crippen LogP contribution is -2.14. The maximum Gasteiger partial charge on any atom is 0.348 e. The molecule has 0 bridgehead atoms. The quantitative estimate of drug-likeness (QED) is 0.737. The summed E-state index contributed by atoms with van der Waals surface area (Å²) in [5.74, 6) is -1.58. The number of carbonyl (C=O) groups excluding carboxylic acids is 3. The van der Waals surface area contributed by atoms with Gasteiger partial charge in [0, 0.05) is 10.6 Å². The highest BCUT2D eigenvalue weighted by Crippen LogP contribution is 2.34. The molecular weight excluding hydrogens is 378 g/mol. The van der Waals surface area contributed by atoms with E-state index in [0.717, 1.165) is 11.3 Å². The van der Waals surface area contributed by atoms with Crippen LogP contribution >= 0.6 is 22.9 Å². The van der Waals surface area contributed by atoms with Gasteiger partial charge in [-0.2, -0.15) is 0 Å². The van der Waals surface area contributed by atoms with E-state index in [2.05, 4.69) is 5.32 Å². The van der Waals surface area contributed by atoms with Gasteiger partial charge in [0.1, 0.15) is 9.88 Å². The summed E-state index contributed by atoms with van der Waals surface area (Å²) in [5.41, 5.74) is 0.938. The molecule has 8 heteroatoms. The minimum absolute atomic E-state index is 0.155. The van der Waals surface area contributed by atoms with Crippen LogP contribution in [0.3, 0.4) is 0 Å². The van der Waals surface area contributed by atoms with E-state index < -0.39 is 17.8 Å². The molecule has 0 aliphatic heterocycles. The Bertz CT molecular complexity index is 829. The summed E-state index contributed by atoms with van der Waals surface area (Å²) in [6, 6.07) is 6.31. The second kappa shape index (κ2) is 8.82. The Morgan fingerprint density at radius 2 is 1.62 bits per heavy atom. The standard InChI is InChI=1S/C18H18ClNO5S/c1-4-24-17(22)13-10(3)14(18(23)25-5-2)26-16(13)20-15(21)11-6-8-12(19)9-7-11/h6-9H,4-5H2,1-3H3,(H,20,21). The number of halogens is 1. The van der Waals surface area contributed by atoms with E-state index >= 15 is 0 Å². The molecule has 0 aliphatic carbocycles. The number of rotatable bonds is 6. The van der Waals surface area contributed by atoms with E-state index in [1.165, 1.54) is 0 Å². The molecule has 0 saturated heterocycles. The zero-order valence-electron chi connectivity index (χ0n) is 14.6. The molecule has 0 unspecified atom stereocenters. The Kier molecular flexibility index (Phi) is 6.76. The molecule has 26 heavy (non-hydrogen) atoms. The van der Waals surface area contributed by atoms with E-state index in [4.69, 9.17) is 21.1 Å². The average Bonchev–Trinajstić information content (AvgIpc) is 2.92. The molecule has 1 amide bonds. The molecule has 138 valence electrons. The smallest absolute Gasteiger partial charge is 0.348 e. The van der Waals surface area contributed by atoms with Crippen LogP contribution in [0.5, 0.6) is 0 Å². The summed E-state index contributed by atoms with van der Waals surface area (Å²) in [6.45, 7) is 5.37. The largest absolute Gasteiger partial charge is 0.462 e. The van der Waals surface area contributed by atoms with E-state index in [-0.39, 0.29) is 28.7 Å². The minimum atomic E-state index is -0.608. The number of thiophene rings is 1. The van der Waals surface area contributed by atoms with Crippen molar-refractivity contribution in [2.45, 2.75) is 20.8 Å². The minimum Gasteiger partial charge on any atom is -0.462 e. The third kappa shape index (κ3) is 4.42. The van der Waals surface area contributed by atoms with Gasteiger partial charge in [-0.1, -0.05) is 11.6 Å². The first kappa shape index (κ1) is 19.9. The summed E-state index contributed by atoms with van der Waals surface area (Å²) in [5, 5.41) is 3.42. The molecule has 1 aromatic heterocycles. The number of carbonyl (C=O) groups is 3. The SMILES string of the molecule is CCOC(=O)c1sc(NC(=O)c2ccc(Cl)cc2)c(C(=O)OCC)c1C. The topological polar surface area (TPSA) is 81.7 Å². The highest BCUT2D eigenvalue weighted by atomic mass is 35.5. The second-order valence-electron chi connectivity index (χ2n) is 5.16. The number of hydrogen-bond acceptors (Lipinski definition) is 6. The Hall–Kier alpha value is -2.38. The highest BCUT2D eigenvalue weighted by molar-refractivity contribution is 7.18. The van der Waals surface area contributed by atoms with Gasteiger partial charge in [0.15, 0.2) is 0 Å². The first-order valence-corrected chi connectivity index (χ1v) is 9.13. The van der Waals surface area contributed by atoms with Gasteiger partial charge in [0.05, 0.1) is 18.8 Å². The number of esters is 2. The highest BCUT2D eigenvalue weighted by Gasteiger charge is 2.27. The van der Waals surface area contributed by atoms with Crippen LogP contribution < -0.4 is 5.32 Å². The monoisotopic (exact) mass is 395 g/mol. The maximum absolute atomic E-state index is 12.5. The van der Waals surface area contributed by atoms with E-state index in [9.17, 15) is 14.4 Å². The lowest BCUT2D eigenvalue weighted by molar-refractivity contribution is 0.0527. The lowest BCUT2D eigenvalue weighted by atomic mass is 10.1. The third-order valence-corrected chi connectivity index (χ3v) is 4.86. The fraction of sp³-hybridized carbons (Fsp3) is 0.278. The van der Waals surface area contributed by atoms with E-state index in [1.807, 2.05) is 0 Å². The van der Waals surface area contributed by atoms with Crippen LogP contribution in [0.1, 0.15) is 49.8 Å². The van der Waals surface area contributed by atoms with Crippen LogP contribution in [0, 0.1) is 6.92 Å². The van der Waals surface area contributed by atoms with Gasteiger partial charge in [0.2, 0.25) is 0 Å². The second-order valence-corrected chi connectivity index (χ2v) is 6.62. The summed E-state index contributed by atoms with van der Waals surface area (Å²) in [7, 11) is 0. The van der Waals surface area contributed by atoms with Gasteiger partial charge in [-0.25, -0.2) is 9.59 Å². The van der Waals surface area contributed by atoms with Gasteiger partial charge >= 0.3 is 11.9 Å². The Balaban J connectivity index is 2.40. The molecule has 0 saturated carbocycles. The van der Waals surface area contributed by atoms with Crippen LogP contribution in [-0.2, 0) is 9.47 Å². The normalized spacial score (nSPS) is 10.3. The zero-order valence-corrected chi connectivity index (χ0v) is 16.1. The Morgan fingerprint density at radius 3 is 2.19 bits per heavy atom. The summed E-state index contributed by atoms with van der Waals surface area (Å²) < 4.78 is 10.1. The van der Waals surface area contributed by atoms with Crippen LogP contribution in [0.4, 0.5) is 5.00 Å². The number of ether oxygens (including phenoxy) is 2. The fourth-order valence-corrected chi connectivity index (χ4v) is 3.43. The molecule has 2 rings (SSSR count). The molecule has 0 radical (unpaired) electrons. The molecule has 0 spiro atoms. The van der Waals surface area contributed by atoms with Gasteiger partial charge in [0.25, 0.3) is 5.91 Å². The fourth-order valence-electron chi connectivity index (χ4n) is 2.22. The van der Waals surface area contributed by atoms with Crippen molar-refractivity contribution in [3.8, 4) is 0 Å². The molecular formula is C18H18ClNO5S. The zero-order chi connectivity index (χ0) is 19.3. The van der Waals surface area contributed by atoms with Crippen LogP contribution in [-0.4, -0.2) is 31.1 Å². The molecule has 2 aromatic rings. The van der Waals surface area contributed by atoms with Crippen molar-refractivity contribution in [2.24, 2.45) is 0 Å². The number of hydrogen-bond donors (Lipinski definition) is 1. The van der Waals surface area contributed by atoms with Gasteiger partial charge in [-0.3, -0.25) is 4.79 Å². The summed E-state index contributed by atoms with van der Waals surface area (Å²) in [6.07, 6.45) is 0. The van der Waals surface area contributed by atoms with Gasteiger partial charge in [-0.15, -0.1) is 11.3 Å². The number of nitrogens with one attached hydrogen (secondary N) is 1. The van der Waals surface area contributed by atoms with Crippen LogP contribution in [0.15, 0.2) is 24.3 Å². The first-order valence-electron chi connectivity index (χ1n) is 7.93. The van der Waals surface area contributed by atoms with Gasteiger partial charge in [-0.05, 0) is 50.6 Å². The average molecular weight is 396 g/mol. The van der Waals surface area contributed by atoms with Crippen molar-refractivity contribution in [1.82, 2.24) is 0 Å². The molecule has 0 aliphatic rings. The predicted octanol–water partition coefficient (Wildman–Crippen LogP) is 4.32.